The van der Waals surface area contributed by atoms with Crippen LogP contribution in [0.3, 0.4) is 0 Å². The molecule has 4 aromatic rings. The zero-order chi connectivity index (χ0) is 21.4. The molecule has 1 aliphatic rings. The summed E-state index contributed by atoms with van der Waals surface area (Å²) in [5.41, 5.74) is 7.99. The Bertz CT molecular complexity index is 1210. The summed E-state index contributed by atoms with van der Waals surface area (Å²) in [4.78, 5) is 11.9. The molecular weight excluding hydrogens is 406 g/mol. The zero-order valence-corrected chi connectivity index (χ0v) is 18.4. The van der Waals surface area contributed by atoms with Crippen molar-refractivity contribution in [3.05, 3.63) is 93.5 Å². The molecule has 5 nitrogen and oxygen atoms in total. The number of fused-ring (bicyclic) bond motifs is 1. The minimum atomic E-state index is 0.729. The number of hydrogen-bond acceptors (Lipinski definition) is 4. The smallest absolute Gasteiger partial charge is 0.136 e. The molecule has 1 aliphatic heterocycles. The highest BCUT2D eigenvalue weighted by molar-refractivity contribution is 6.30. The molecule has 0 saturated carbocycles. The van der Waals surface area contributed by atoms with Crippen molar-refractivity contribution in [3.8, 4) is 11.3 Å². The summed E-state index contributed by atoms with van der Waals surface area (Å²) in [6.45, 7) is 5.71. The van der Waals surface area contributed by atoms with E-state index in [0.29, 0.717) is 0 Å². The highest BCUT2D eigenvalue weighted by Crippen LogP contribution is 2.33. The third kappa shape index (κ3) is 3.93. The van der Waals surface area contributed by atoms with Crippen LogP contribution < -0.4 is 4.90 Å². The molecule has 0 radical (unpaired) electrons. The lowest BCUT2D eigenvalue weighted by Crippen LogP contribution is -2.32. The molecule has 0 atom stereocenters. The van der Waals surface area contributed by atoms with Crippen molar-refractivity contribution >= 4 is 17.4 Å². The van der Waals surface area contributed by atoms with Crippen molar-refractivity contribution < 1.29 is 0 Å². The number of H-pyrrole nitrogens is 1. The van der Waals surface area contributed by atoms with Crippen molar-refractivity contribution in [1.82, 2.24) is 20.2 Å². The Kier molecular flexibility index (Phi) is 5.20. The first kappa shape index (κ1) is 19.8. The first-order valence-corrected chi connectivity index (χ1v) is 10.9. The van der Waals surface area contributed by atoms with Crippen LogP contribution in [-0.4, -0.2) is 26.7 Å². The lowest BCUT2D eigenvalue weighted by molar-refractivity contribution is 0.701. The Morgan fingerprint density at radius 3 is 2.55 bits per heavy atom. The highest BCUT2D eigenvalue weighted by Gasteiger charge is 2.26. The maximum Gasteiger partial charge on any atom is 0.136 e. The fourth-order valence-electron chi connectivity index (χ4n) is 4.31. The topological polar surface area (TPSA) is 57.7 Å². The van der Waals surface area contributed by atoms with Gasteiger partial charge in [0.1, 0.15) is 11.6 Å². The molecule has 31 heavy (non-hydrogen) atoms. The van der Waals surface area contributed by atoms with Gasteiger partial charge in [-0.3, -0.25) is 5.10 Å². The molecule has 2 aromatic heterocycles. The van der Waals surface area contributed by atoms with E-state index in [4.69, 9.17) is 16.6 Å². The van der Waals surface area contributed by atoms with E-state index in [1.807, 2.05) is 37.3 Å². The predicted octanol–water partition coefficient (Wildman–Crippen LogP) is 5.29. The van der Waals surface area contributed by atoms with Crippen molar-refractivity contribution in [1.29, 1.82) is 0 Å². The number of hydrogen-bond donors (Lipinski definition) is 1. The van der Waals surface area contributed by atoms with Crippen molar-refractivity contribution in [2.45, 2.75) is 33.2 Å². The minimum Gasteiger partial charge on any atom is -0.351 e. The number of aromatic amines is 1. The van der Waals surface area contributed by atoms with Crippen molar-refractivity contribution in [2.24, 2.45) is 0 Å². The van der Waals surface area contributed by atoms with Crippen LogP contribution in [0.1, 0.15) is 33.9 Å². The number of nitrogens with zero attached hydrogens (tertiary/aromatic N) is 4. The maximum atomic E-state index is 6.08. The summed E-state index contributed by atoms with van der Waals surface area (Å²) in [6, 6.07) is 18.4. The Hall–Kier alpha value is -3.18. The number of halogens is 1. The Morgan fingerprint density at radius 1 is 1.00 bits per heavy atom. The number of aryl methyl sites for hydroxylation is 2. The SMILES string of the molecule is Cc1nc(C)c(Cc2ccccc2)c(N2CCc3[nH]nc(-c4ccc(Cl)cc4)c3C2)n1. The lowest BCUT2D eigenvalue weighted by atomic mass is 9.99. The van der Waals surface area contributed by atoms with E-state index in [1.165, 1.54) is 22.4 Å². The molecule has 5 rings (SSSR count). The van der Waals surface area contributed by atoms with Crippen molar-refractivity contribution in [2.75, 3.05) is 11.4 Å². The second kappa shape index (κ2) is 8.16. The molecule has 0 fully saturated rings. The number of benzene rings is 2. The third-order valence-electron chi connectivity index (χ3n) is 5.88. The first-order chi connectivity index (χ1) is 15.1. The van der Waals surface area contributed by atoms with Gasteiger partial charge >= 0.3 is 0 Å². The van der Waals surface area contributed by atoms with Gasteiger partial charge in [0.05, 0.1) is 5.69 Å². The van der Waals surface area contributed by atoms with E-state index in [0.717, 1.165) is 59.5 Å². The average molecular weight is 430 g/mol. The summed E-state index contributed by atoms with van der Waals surface area (Å²) in [5.74, 6) is 1.84. The van der Waals surface area contributed by atoms with Gasteiger partial charge in [0.15, 0.2) is 0 Å². The van der Waals surface area contributed by atoms with Crippen LogP contribution in [0.4, 0.5) is 5.82 Å². The van der Waals surface area contributed by atoms with Crippen LogP contribution in [0, 0.1) is 13.8 Å². The molecule has 0 aliphatic carbocycles. The van der Waals surface area contributed by atoms with Crippen LogP contribution in [0.15, 0.2) is 54.6 Å². The second-order valence-corrected chi connectivity index (χ2v) is 8.46. The third-order valence-corrected chi connectivity index (χ3v) is 6.13. The number of nitrogens with one attached hydrogen (secondary N) is 1. The largest absolute Gasteiger partial charge is 0.351 e. The monoisotopic (exact) mass is 429 g/mol. The van der Waals surface area contributed by atoms with E-state index in [9.17, 15) is 0 Å². The van der Waals surface area contributed by atoms with Crippen LogP contribution in [-0.2, 0) is 19.4 Å². The normalized spacial score (nSPS) is 13.3. The summed E-state index contributed by atoms with van der Waals surface area (Å²) < 4.78 is 0. The van der Waals surface area contributed by atoms with Gasteiger partial charge in [-0.2, -0.15) is 5.10 Å². The second-order valence-electron chi connectivity index (χ2n) is 8.03. The molecule has 6 heteroatoms. The van der Waals surface area contributed by atoms with E-state index in [2.05, 4.69) is 51.3 Å². The standard InChI is InChI=1S/C25H24ClN5/c1-16-21(14-18-6-4-3-5-7-18)25(28-17(2)27-16)31-13-12-23-22(15-31)24(30-29-23)19-8-10-20(26)11-9-19/h3-11H,12-15H2,1-2H3,(H,29,30). The quantitative estimate of drug-likeness (QED) is 0.478. The van der Waals surface area contributed by atoms with Crippen LogP contribution >= 0.6 is 11.6 Å². The van der Waals surface area contributed by atoms with Crippen molar-refractivity contribution in [3.63, 3.8) is 0 Å². The van der Waals surface area contributed by atoms with Crippen LogP contribution in [0.5, 0.6) is 0 Å². The molecular formula is C25H24ClN5. The molecule has 3 heterocycles. The highest BCUT2D eigenvalue weighted by atomic mass is 35.5. The molecule has 0 saturated heterocycles. The van der Waals surface area contributed by atoms with Gasteiger partial charge in [0.25, 0.3) is 0 Å². The van der Waals surface area contributed by atoms with Gasteiger partial charge < -0.3 is 4.90 Å². The molecule has 156 valence electrons. The van der Waals surface area contributed by atoms with E-state index in [1.54, 1.807) is 0 Å². The van der Waals surface area contributed by atoms with Gasteiger partial charge in [0, 0.05) is 59.0 Å². The van der Waals surface area contributed by atoms with Gasteiger partial charge in [0.2, 0.25) is 0 Å². The number of rotatable bonds is 4. The number of anilines is 1. The van der Waals surface area contributed by atoms with Gasteiger partial charge in [-0.05, 0) is 31.5 Å². The first-order valence-electron chi connectivity index (χ1n) is 10.5. The van der Waals surface area contributed by atoms with E-state index >= 15 is 0 Å². The maximum absolute atomic E-state index is 6.08. The summed E-state index contributed by atoms with van der Waals surface area (Å²) in [7, 11) is 0. The van der Waals surface area contributed by atoms with Gasteiger partial charge in [-0.15, -0.1) is 0 Å². The summed E-state index contributed by atoms with van der Waals surface area (Å²) >= 11 is 6.08. The average Bonchev–Trinajstić information content (AvgIpc) is 3.20. The Labute approximate surface area is 187 Å². The molecule has 1 N–H and O–H groups in total. The van der Waals surface area contributed by atoms with Crippen LogP contribution in [0.2, 0.25) is 5.02 Å². The Balaban J connectivity index is 1.52. The zero-order valence-electron chi connectivity index (χ0n) is 17.7. The fourth-order valence-corrected chi connectivity index (χ4v) is 4.43. The summed E-state index contributed by atoms with van der Waals surface area (Å²) in [6.07, 6.45) is 1.73. The Morgan fingerprint density at radius 2 is 1.77 bits per heavy atom. The number of aromatic nitrogens is 4. The minimum absolute atomic E-state index is 0.729. The molecule has 0 unspecified atom stereocenters. The predicted molar refractivity (Wildman–Crippen MR) is 125 cm³/mol. The molecule has 0 amide bonds. The summed E-state index contributed by atoms with van der Waals surface area (Å²) in [5, 5.41) is 8.60. The van der Waals surface area contributed by atoms with E-state index in [-0.39, 0.29) is 0 Å². The van der Waals surface area contributed by atoms with Gasteiger partial charge in [-0.1, -0.05) is 54.1 Å². The lowest BCUT2D eigenvalue weighted by Gasteiger charge is -2.30. The van der Waals surface area contributed by atoms with E-state index < -0.39 is 0 Å². The fraction of sp³-hybridized carbons (Fsp3) is 0.240. The van der Waals surface area contributed by atoms with Crippen LogP contribution in [0.25, 0.3) is 11.3 Å². The molecule has 0 spiro atoms. The molecule has 2 aromatic carbocycles. The van der Waals surface area contributed by atoms with Gasteiger partial charge in [-0.25, -0.2) is 9.97 Å². The molecule has 0 bridgehead atoms.